The van der Waals surface area contributed by atoms with Crippen molar-refractivity contribution in [3.63, 3.8) is 0 Å². The number of methoxy groups -OCH3 is 2. The number of carbonyl (C=O) groups is 1. The van der Waals surface area contributed by atoms with Crippen LogP contribution in [0, 0.1) is 5.82 Å². The molecule has 3 aromatic carbocycles. The molecule has 1 heterocycles. The maximum atomic E-state index is 14.8. The van der Waals surface area contributed by atoms with Crippen LogP contribution in [-0.4, -0.2) is 25.1 Å². The van der Waals surface area contributed by atoms with Gasteiger partial charge in [0.25, 0.3) is 0 Å². The highest BCUT2D eigenvalue weighted by molar-refractivity contribution is 6.31. The molecule has 0 saturated heterocycles. The molecule has 37 heavy (non-hydrogen) atoms. The van der Waals surface area contributed by atoms with E-state index in [1.165, 1.54) is 38.6 Å². The predicted molar refractivity (Wildman–Crippen MR) is 130 cm³/mol. The van der Waals surface area contributed by atoms with Gasteiger partial charge in [0.1, 0.15) is 5.75 Å². The van der Waals surface area contributed by atoms with Crippen molar-refractivity contribution in [1.82, 2.24) is 4.98 Å². The molecule has 192 valence electrons. The number of pyridine rings is 1. The number of amides is 1. The minimum Gasteiger partial charge on any atom is -0.493 e. The lowest BCUT2D eigenvalue weighted by atomic mass is 10.1. The van der Waals surface area contributed by atoms with Crippen LogP contribution < -0.4 is 19.5 Å². The zero-order chi connectivity index (χ0) is 26.7. The Bertz CT molecular complexity index is 1480. The molecule has 1 amide bonds. The van der Waals surface area contributed by atoms with E-state index in [9.17, 15) is 22.4 Å². The first kappa shape index (κ1) is 26.0. The minimum atomic E-state index is -4.65. The summed E-state index contributed by atoms with van der Waals surface area (Å²) >= 11 is 5.61. The van der Waals surface area contributed by atoms with Crippen molar-refractivity contribution >= 4 is 34.1 Å². The molecule has 0 aliphatic heterocycles. The number of hydrogen-bond donors (Lipinski definition) is 1. The monoisotopic (exact) mass is 534 g/mol. The number of carbonyl (C=O) groups excluding carboxylic acids is 1. The second kappa shape index (κ2) is 10.5. The van der Waals surface area contributed by atoms with Gasteiger partial charge < -0.3 is 19.5 Å². The summed E-state index contributed by atoms with van der Waals surface area (Å²) in [6, 6.07) is 11.9. The normalized spacial score (nSPS) is 11.3. The van der Waals surface area contributed by atoms with Crippen molar-refractivity contribution in [2.75, 3.05) is 19.5 Å². The molecule has 4 aromatic rings. The number of hydrogen-bond acceptors (Lipinski definition) is 5. The quantitative estimate of drug-likeness (QED) is 0.258. The Morgan fingerprint density at radius 2 is 1.68 bits per heavy atom. The molecule has 0 spiro atoms. The molecular formula is C26H19ClF4N2O4. The smallest absolute Gasteiger partial charge is 0.417 e. The average molecular weight is 535 g/mol. The van der Waals surface area contributed by atoms with E-state index in [1.54, 1.807) is 18.2 Å². The molecule has 6 nitrogen and oxygen atoms in total. The second-order valence-corrected chi connectivity index (χ2v) is 8.22. The first-order valence-electron chi connectivity index (χ1n) is 10.7. The molecule has 11 heteroatoms. The van der Waals surface area contributed by atoms with E-state index in [2.05, 4.69) is 10.3 Å². The Balaban J connectivity index is 1.50. The van der Waals surface area contributed by atoms with Gasteiger partial charge in [-0.1, -0.05) is 17.7 Å². The average Bonchev–Trinajstić information content (AvgIpc) is 2.85. The van der Waals surface area contributed by atoms with Gasteiger partial charge in [0, 0.05) is 29.4 Å². The van der Waals surface area contributed by atoms with Gasteiger partial charge in [-0.3, -0.25) is 9.78 Å². The summed E-state index contributed by atoms with van der Waals surface area (Å²) in [5, 5.41) is 2.55. The Morgan fingerprint density at radius 3 is 2.35 bits per heavy atom. The molecule has 0 unspecified atom stereocenters. The first-order chi connectivity index (χ1) is 17.6. The van der Waals surface area contributed by atoms with Gasteiger partial charge in [0.05, 0.1) is 36.7 Å². The van der Waals surface area contributed by atoms with E-state index in [0.29, 0.717) is 28.2 Å². The second-order valence-electron chi connectivity index (χ2n) is 7.82. The number of anilines is 1. The van der Waals surface area contributed by atoms with Gasteiger partial charge in [-0.05, 0) is 42.0 Å². The highest BCUT2D eigenvalue weighted by Crippen LogP contribution is 2.38. The molecule has 4 rings (SSSR count). The van der Waals surface area contributed by atoms with Gasteiger partial charge >= 0.3 is 6.18 Å². The van der Waals surface area contributed by atoms with Gasteiger partial charge in [-0.25, -0.2) is 4.39 Å². The molecule has 1 N–H and O–H groups in total. The van der Waals surface area contributed by atoms with Gasteiger partial charge in [-0.15, -0.1) is 0 Å². The lowest BCUT2D eigenvalue weighted by Gasteiger charge is -2.13. The largest absolute Gasteiger partial charge is 0.493 e. The Kier molecular flexibility index (Phi) is 7.40. The van der Waals surface area contributed by atoms with Crippen molar-refractivity contribution in [3.8, 4) is 23.0 Å². The number of alkyl halides is 3. The Labute approximate surface area is 213 Å². The third kappa shape index (κ3) is 5.86. The Hall–Kier alpha value is -4.05. The van der Waals surface area contributed by atoms with Crippen LogP contribution in [0.1, 0.15) is 11.1 Å². The van der Waals surface area contributed by atoms with Crippen molar-refractivity contribution in [2.45, 2.75) is 12.6 Å². The highest BCUT2D eigenvalue weighted by Gasteiger charge is 2.33. The summed E-state index contributed by atoms with van der Waals surface area (Å²) in [4.78, 5) is 16.6. The third-order valence-electron chi connectivity index (χ3n) is 5.34. The van der Waals surface area contributed by atoms with E-state index in [-0.39, 0.29) is 23.4 Å². The van der Waals surface area contributed by atoms with E-state index in [0.717, 1.165) is 18.2 Å². The maximum absolute atomic E-state index is 14.8. The molecule has 0 radical (unpaired) electrons. The summed E-state index contributed by atoms with van der Waals surface area (Å²) in [7, 11) is 2.98. The zero-order valence-corrected chi connectivity index (χ0v) is 20.2. The number of nitrogens with one attached hydrogen (secondary N) is 1. The van der Waals surface area contributed by atoms with Crippen molar-refractivity contribution < 1.29 is 36.6 Å². The maximum Gasteiger partial charge on any atom is 0.417 e. The number of fused-ring (bicyclic) bond motifs is 1. The molecule has 0 atom stereocenters. The Morgan fingerprint density at radius 1 is 0.946 bits per heavy atom. The van der Waals surface area contributed by atoms with Crippen LogP contribution in [0.5, 0.6) is 23.0 Å². The summed E-state index contributed by atoms with van der Waals surface area (Å²) in [6.45, 7) is 0. The topological polar surface area (TPSA) is 69.7 Å². The fourth-order valence-corrected chi connectivity index (χ4v) is 3.83. The van der Waals surface area contributed by atoms with Crippen molar-refractivity contribution in [1.29, 1.82) is 0 Å². The van der Waals surface area contributed by atoms with Crippen molar-refractivity contribution in [3.05, 3.63) is 82.8 Å². The lowest BCUT2D eigenvalue weighted by Crippen LogP contribution is -2.15. The standard InChI is InChI=1S/C26H19ClF4N2O4/c1-35-23-12-16-20(13-24(23)36-2)32-8-7-21(16)37-22-6-4-15(11-19(22)28)33-25(34)10-14-3-5-18(27)17(9-14)26(29,30)31/h3-9,11-13H,10H2,1-2H3,(H,33,34). The van der Waals surface area contributed by atoms with E-state index < -0.39 is 28.5 Å². The summed E-state index contributed by atoms with van der Waals surface area (Å²) in [5.41, 5.74) is -0.292. The van der Waals surface area contributed by atoms with Crippen LogP contribution in [0.4, 0.5) is 23.2 Å². The zero-order valence-electron chi connectivity index (χ0n) is 19.5. The van der Waals surface area contributed by atoms with Crippen LogP contribution in [-0.2, 0) is 17.4 Å². The molecule has 0 aliphatic rings. The number of rotatable bonds is 7. The first-order valence-corrected chi connectivity index (χ1v) is 11.1. The van der Waals surface area contributed by atoms with Gasteiger partial charge in [0.15, 0.2) is 23.1 Å². The molecule has 0 aliphatic carbocycles. The summed E-state index contributed by atoms with van der Waals surface area (Å²) < 4.78 is 70.3. The minimum absolute atomic E-state index is 0.103. The molecule has 0 saturated carbocycles. The number of nitrogens with zero attached hydrogens (tertiary/aromatic N) is 1. The van der Waals surface area contributed by atoms with E-state index in [4.69, 9.17) is 25.8 Å². The van der Waals surface area contributed by atoms with Crippen LogP contribution in [0.2, 0.25) is 5.02 Å². The molecule has 0 bridgehead atoms. The van der Waals surface area contributed by atoms with Crippen LogP contribution in [0.15, 0.2) is 60.8 Å². The van der Waals surface area contributed by atoms with Crippen molar-refractivity contribution in [2.24, 2.45) is 0 Å². The number of benzene rings is 3. The van der Waals surface area contributed by atoms with Crippen LogP contribution in [0.25, 0.3) is 10.9 Å². The van der Waals surface area contributed by atoms with Gasteiger partial charge in [0.2, 0.25) is 5.91 Å². The predicted octanol–water partition coefficient (Wildman–Crippen LogP) is 7.04. The SMILES string of the molecule is COc1cc2nccc(Oc3ccc(NC(=O)Cc4ccc(Cl)c(C(F)(F)F)c4)cc3F)c2cc1OC. The number of ether oxygens (including phenoxy) is 3. The van der Waals surface area contributed by atoms with Gasteiger partial charge in [-0.2, -0.15) is 13.2 Å². The lowest BCUT2D eigenvalue weighted by molar-refractivity contribution is -0.137. The van der Waals surface area contributed by atoms with Crippen LogP contribution in [0.3, 0.4) is 0 Å². The van der Waals surface area contributed by atoms with E-state index in [1.807, 2.05) is 0 Å². The number of aromatic nitrogens is 1. The fraction of sp³-hybridized carbons (Fsp3) is 0.154. The highest BCUT2D eigenvalue weighted by atomic mass is 35.5. The summed E-state index contributed by atoms with van der Waals surface area (Å²) in [6.07, 6.45) is -3.52. The molecule has 0 fully saturated rings. The summed E-state index contributed by atoms with van der Waals surface area (Å²) in [5.74, 6) is -0.301. The fourth-order valence-electron chi connectivity index (χ4n) is 3.61. The van der Waals surface area contributed by atoms with Crippen LogP contribution >= 0.6 is 11.6 Å². The van der Waals surface area contributed by atoms with E-state index >= 15 is 0 Å². The molecular weight excluding hydrogens is 516 g/mol. The third-order valence-corrected chi connectivity index (χ3v) is 5.67. The number of halogens is 5. The molecule has 1 aromatic heterocycles.